The molecule has 0 saturated carbocycles. The molecule has 1 aromatic carbocycles. The summed E-state index contributed by atoms with van der Waals surface area (Å²) in [7, 11) is 0. The number of pyridine rings is 1. The molecule has 114 valence electrons. The zero-order chi connectivity index (χ0) is 15.5. The van der Waals surface area contributed by atoms with E-state index in [1.165, 1.54) is 0 Å². The van der Waals surface area contributed by atoms with Gasteiger partial charge in [-0.15, -0.1) is 0 Å². The Hall–Kier alpha value is -1.78. The maximum absolute atomic E-state index is 12.3. The van der Waals surface area contributed by atoms with E-state index in [-0.39, 0.29) is 18.4 Å². The highest BCUT2D eigenvalue weighted by atomic mass is 35.5. The van der Waals surface area contributed by atoms with Gasteiger partial charge in [0.15, 0.2) is 0 Å². The Morgan fingerprint density at radius 3 is 3.05 bits per heavy atom. The topological polar surface area (TPSA) is 51.2 Å². The number of fused-ring (bicyclic) bond motifs is 1. The number of nitrogens with one attached hydrogen (secondary N) is 1. The van der Waals surface area contributed by atoms with Crippen LogP contribution in [0.3, 0.4) is 0 Å². The number of nitrogens with zero attached hydrogens (tertiary/aromatic N) is 1. The Kier molecular flexibility index (Phi) is 4.50. The Balaban J connectivity index is 1.72. The van der Waals surface area contributed by atoms with Gasteiger partial charge in [-0.05, 0) is 17.7 Å². The highest BCUT2D eigenvalue weighted by molar-refractivity contribution is 6.42. The van der Waals surface area contributed by atoms with E-state index in [1.54, 1.807) is 24.4 Å². The van der Waals surface area contributed by atoms with Crippen LogP contribution in [0.25, 0.3) is 0 Å². The molecule has 1 N–H and O–H groups in total. The fourth-order valence-corrected chi connectivity index (χ4v) is 2.86. The SMILES string of the molecule is O=C(Cc1cccc(Cl)c1Cl)NC1CCOc2ncccc21. The second-order valence-electron chi connectivity index (χ2n) is 5.04. The summed E-state index contributed by atoms with van der Waals surface area (Å²) < 4.78 is 5.49. The second-order valence-corrected chi connectivity index (χ2v) is 5.83. The predicted molar refractivity (Wildman–Crippen MR) is 85.4 cm³/mol. The predicted octanol–water partition coefficient (Wildman–Crippen LogP) is 3.57. The van der Waals surface area contributed by atoms with E-state index in [0.29, 0.717) is 34.5 Å². The number of rotatable bonds is 3. The van der Waals surface area contributed by atoms with Crippen LogP contribution in [0.4, 0.5) is 0 Å². The summed E-state index contributed by atoms with van der Waals surface area (Å²) in [5.41, 5.74) is 1.62. The maximum Gasteiger partial charge on any atom is 0.224 e. The van der Waals surface area contributed by atoms with Gasteiger partial charge in [-0.3, -0.25) is 4.79 Å². The lowest BCUT2D eigenvalue weighted by Gasteiger charge is -2.25. The summed E-state index contributed by atoms with van der Waals surface area (Å²) in [5.74, 6) is 0.478. The first-order chi connectivity index (χ1) is 10.6. The van der Waals surface area contributed by atoms with Crippen LogP contribution in [0.2, 0.25) is 10.0 Å². The van der Waals surface area contributed by atoms with E-state index in [9.17, 15) is 4.79 Å². The molecule has 1 unspecified atom stereocenters. The summed E-state index contributed by atoms with van der Waals surface area (Å²) in [6, 6.07) is 8.94. The molecule has 2 aromatic rings. The van der Waals surface area contributed by atoms with Crippen molar-refractivity contribution < 1.29 is 9.53 Å². The molecule has 0 aliphatic carbocycles. The molecule has 1 atom stereocenters. The van der Waals surface area contributed by atoms with Crippen molar-refractivity contribution in [2.45, 2.75) is 18.9 Å². The molecule has 0 radical (unpaired) electrons. The highest BCUT2D eigenvalue weighted by Gasteiger charge is 2.24. The van der Waals surface area contributed by atoms with Gasteiger partial charge in [0.25, 0.3) is 0 Å². The summed E-state index contributed by atoms with van der Waals surface area (Å²) >= 11 is 12.1. The van der Waals surface area contributed by atoms with Crippen molar-refractivity contribution in [3.8, 4) is 5.88 Å². The lowest BCUT2D eigenvalue weighted by Crippen LogP contribution is -2.33. The Labute approximate surface area is 138 Å². The zero-order valence-electron chi connectivity index (χ0n) is 11.7. The summed E-state index contributed by atoms with van der Waals surface area (Å²) in [6.45, 7) is 0.535. The Bertz CT molecular complexity index is 706. The van der Waals surface area contributed by atoms with Crippen LogP contribution in [-0.2, 0) is 11.2 Å². The van der Waals surface area contributed by atoms with E-state index in [2.05, 4.69) is 10.3 Å². The number of carbonyl (C=O) groups excluding carboxylic acids is 1. The molecule has 1 aliphatic rings. The number of ether oxygens (including phenoxy) is 1. The molecule has 1 aromatic heterocycles. The Morgan fingerprint density at radius 2 is 2.18 bits per heavy atom. The average Bonchev–Trinajstić information content (AvgIpc) is 2.52. The van der Waals surface area contributed by atoms with Crippen LogP contribution in [0.5, 0.6) is 5.88 Å². The third-order valence-electron chi connectivity index (χ3n) is 3.54. The van der Waals surface area contributed by atoms with Crippen LogP contribution < -0.4 is 10.1 Å². The van der Waals surface area contributed by atoms with Crippen molar-refractivity contribution in [1.29, 1.82) is 0 Å². The first-order valence-electron chi connectivity index (χ1n) is 6.95. The first-order valence-corrected chi connectivity index (χ1v) is 7.70. The molecular formula is C16H14Cl2N2O2. The number of hydrogen-bond donors (Lipinski definition) is 1. The standard InChI is InChI=1S/C16H14Cl2N2O2/c17-12-5-1-3-10(15(12)18)9-14(21)20-13-6-8-22-16-11(13)4-2-7-19-16/h1-5,7,13H,6,8-9H2,(H,20,21). The number of carbonyl (C=O) groups is 1. The maximum atomic E-state index is 12.3. The van der Waals surface area contributed by atoms with E-state index < -0.39 is 0 Å². The van der Waals surface area contributed by atoms with E-state index in [4.69, 9.17) is 27.9 Å². The van der Waals surface area contributed by atoms with Gasteiger partial charge in [-0.2, -0.15) is 0 Å². The van der Waals surface area contributed by atoms with Crippen molar-refractivity contribution in [1.82, 2.24) is 10.3 Å². The third kappa shape index (κ3) is 3.18. The molecule has 0 saturated heterocycles. The van der Waals surface area contributed by atoms with Gasteiger partial charge >= 0.3 is 0 Å². The number of halogens is 2. The van der Waals surface area contributed by atoms with Gasteiger partial charge in [0, 0.05) is 18.2 Å². The minimum Gasteiger partial charge on any atom is -0.477 e. The van der Waals surface area contributed by atoms with Crippen LogP contribution in [0.15, 0.2) is 36.5 Å². The molecule has 0 spiro atoms. The van der Waals surface area contributed by atoms with Crippen LogP contribution in [0.1, 0.15) is 23.6 Å². The van der Waals surface area contributed by atoms with E-state index in [0.717, 1.165) is 5.56 Å². The van der Waals surface area contributed by atoms with Crippen LogP contribution >= 0.6 is 23.2 Å². The highest BCUT2D eigenvalue weighted by Crippen LogP contribution is 2.30. The molecule has 3 rings (SSSR count). The molecule has 6 heteroatoms. The van der Waals surface area contributed by atoms with Crippen molar-refractivity contribution in [3.63, 3.8) is 0 Å². The second kappa shape index (κ2) is 6.55. The lowest BCUT2D eigenvalue weighted by atomic mass is 10.0. The molecule has 0 bridgehead atoms. The van der Waals surface area contributed by atoms with Crippen molar-refractivity contribution in [2.75, 3.05) is 6.61 Å². The summed E-state index contributed by atoms with van der Waals surface area (Å²) in [6.07, 6.45) is 2.58. The van der Waals surface area contributed by atoms with Crippen LogP contribution in [-0.4, -0.2) is 17.5 Å². The Morgan fingerprint density at radius 1 is 1.32 bits per heavy atom. The monoisotopic (exact) mass is 336 g/mol. The third-order valence-corrected chi connectivity index (χ3v) is 4.40. The quantitative estimate of drug-likeness (QED) is 0.932. The average molecular weight is 337 g/mol. The van der Waals surface area contributed by atoms with Gasteiger partial charge in [-0.25, -0.2) is 4.98 Å². The van der Waals surface area contributed by atoms with E-state index in [1.807, 2.05) is 12.1 Å². The van der Waals surface area contributed by atoms with Crippen LogP contribution in [0, 0.1) is 0 Å². The smallest absolute Gasteiger partial charge is 0.224 e. The minimum absolute atomic E-state index is 0.0945. The van der Waals surface area contributed by atoms with Crippen molar-refractivity contribution >= 4 is 29.1 Å². The van der Waals surface area contributed by atoms with Gasteiger partial charge < -0.3 is 10.1 Å². The molecule has 4 nitrogen and oxygen atoms in total. The molecule has 2 heterocycles. The van der Waals surface area contributed by atoms with E-state index >= 15 is 0 Å². The number of benzene rings is 1. The number of hydrogen-bond acceptors (Lipinski definition) is 3. The number of aromatic nitrogens is 1. The van der Waals surface area contributed by atoms with Crippen molar-refractivity contribution in [3.05, 3.63) is 57.7 Å². The summed E-state index contributed by atoms with van der Waals surface area (Å²) in [4.78, 5) is 16.5. The van der Waals surface area contributed by atoms with Crippen molar-refractivity contribution in [2.24, 2.45) is 0 Å². The lowest BCUT2D eigenvalue weighted by molar-refractivity contribution is -0.121. The number of amides is 1. The molecular weight excluding hydrogens is 323 g/mol. The zero-order valence-corrected chi connectivity index (χ0v) is 13.2. The van der Waals surface area contributed by atoms with Gasteiger partial charge in [0.05, 0.1) is 29.1 Å². The fourth-order valence-electron chi connectivity index (χ4n) is 2.47. The van der Waals surface area contributed by atoms with Gasteiger partial charge in [0.2, 0.25) is 11.8 Å². The molecule has 1 amide bonds. The molecule has 22 heavy (non-hydrogen) atoms. The molecule has 1 aliphatic heterocycles. The van der Waals surface area contributed by atoms with Gasteiger partial charge in [0.1, 0.15) is 0 Å². The van der Waals surface area contributed by atoms with Gasteiger partial charge in [-0.1, -0.05) is 41.4 Å². The summed E-state index contributed by atoms with van der Waals surface area (Å²) in [5, 5.41) is 3.89. The normalized spacial score (nSPS) is 16.5. The fraction of sp³-hybridized carbons (Fsp3) is 0.250. The molecule has 0 fully saturated rings. The first kappa shape index (κ1) is 15.1. The largest absolute Gasteiger partial charge is 0.477 e. The minimum atomic E-state index is -0.106.